The minimum absolute atomic E-state index is 0. The molecule has 4 aliphatic rings. The first kappa shape index (κ1) is 93.6. The number of aliphatic hydroxyl groups excluding tert-OH is 2. The van der Waals surface area contributed by atoms with Gasteiger partial charge in [0.15, 0.2) is 23.1 Å². The third kappa shape index (κ3) is 20.0. The van der Waals surface area contributed by atoms with E-state index in [0.29, 0.717) is 0 Å². The number of hydrogen-bond donors (Lipinski definition) is 6. The molecule has 6 N–H and O–H groups in total. The summed E-state index contributed by atoms with van der Waals surface area (Å²) in [5.74, 6) is -8.24. The molecule has 0 aliphatic heterocycles. The largest absolute Gasteiger partial charge is 1.00 e. The number of nitrogens with zero attached hydrogens (tertiary/aromatic N) is 14. The van der Waals surface area contributed by atoms with Crippen LogP contribution in [0.2, 0.25) is 0 Å². The van der Waals surface area contributed by atoms with Crippen LogP contribution >= 0.6 is 0 Å². The maximum atomic E-state index is 16.6. The maximum Gasteiger partial charge on any atom is 1.00 e. The zero-order chi connectivity index (χ0) is 81.9. The van der Waals surface area contributed by atoms with Crippen LogP contribution in [-0.4, -0.2) is 148 Å². The van der Waals surface area contributed by atoms with E-state index in [2.05, 4.69) is 81.2 Å². The molecule has 4 aromatic carbocycles. The summed E-state index contributed by atoms with van der Waals surface area (Å²) in [6, 6.07) is 30.6. The minimum Gasteiger partial charge on any atom is -0.504 e. The van der Waals surface area contributed by atoms with E-state index in [9.17, 15) is 43.9 Å². The minimum atomic E-state index is -4.45. The number of rotatable bonds is 27. The van der Waals surface area contributed by atoms with Gasteiger partial charge in [0, 0.05) is 92.6 Å². The van der Waals surface area contributed by atoms with Gasteiger partial charge in [0.25, 0.3) is 0 Å². The van der Waals surface area contributed by atoms with Gasteiger partial charge in [-0.3, -0.25) is 30.0 Å². The molecule has 0 radical (unpaired) electrons. The van der Waals surface area contributed by atoms with Crippen LogP contribution < -0.4 is 159 Å². The molecule has 4 heterocycles. The van der Waals surface area contributed by atoms with Crippen molar-refractivity contribution in [2.75, 3.05) is 49.9 Å². The fraction of sp³-hybridized carbons (Fsp3) is 0.162. The number of ether oxygens (including phenoxy) is 4. The number of aromatic nitrogens is 8. The van der Waals surface area contributed by atoms with Crippen molar-refractivity contribution >= 4 is 121 Å². The van der Waals surface area contributed by atoms with E-state index in [1.165, 1.54) is 188 Å². The number of methoxy groups -OCH3 is 4. The number of benzene rings is 4. The smallest absolute Gasteiger partial charge is 0.504 e. The first-order valence-corrected chi connectivity index (χ1v) is 39.5. The molecule has 44 heteroatoms. The van der Waals surface area contributed by atoms with E-state index >= 15 is 19.2 Å². The molecule has 586 valence electrons. The number of hydrogen-bond acceptors (Lipinski definition) is 32. The summed E-state index contributed by atoms with van der Waals surface area (Å²) < 4.78 is 144. The van der Waals surface area contributed by atoms with Crippen LogP contribution in [0.25, 0.3) is 18.9 Å². The normalized spacial score (nSPS) is 15.9. The van der Waals surface area contributed by atoms with Gasteiger partial charge in [0.05, 0.1) is 82.0 Å². The molecule has 118 heavy (non-hydrogen) atoms. The molecule has 0 spiro atoms. The molecule has 0 saturated carbocycles. The van der Waals surface area contributed by atoms with Crippen LogP contribution in [0.15, 0.2) is 266 Å². The first-order chi connectivity index (χ1) is 54.3. The van der Waals surface area contributed by atoms with E-state index in [1.54, 1.807) is 27.7 Å². The standard InChI is InChI=1S/C74H68N18O18S4.4Na/c1-37(2)59-65-63(49(69(93)73(59)97)35-75-41-11-19-45(20-12-41)111(99,100)89-51-27-31-55(107-7)83-79-51)71(95)61(39(5)67(65)87-77-43-15-23-47(24-16-43)113(103,104)91-53-29-33-57(109-9)85-81-53)62-40(6)68(88-78-44-17-25-48(26-18-44)114(105,106)92-54-30-34-58(110-10)86-82-54)66-60(38(3)4)74(98)70(94)50(64(66)72(62)96)36-76-42-13-21-46(22-14-42)112(101,102)90-52-28-32-56(108-8)84-80-52;;;;/h11-38H,1-10H3,(H10,75,76,77,78,79,80,81,82,83,84,85,86,87,88,89,90,91,92,93,94,95,96,97,98);;;;/q;4*+1/p-4. The molecule has 4 aromatic heterocycles. The van der Waals surface area contributed by atoms with Gasteiger partial charge < -0.3 is 79.1 Å². The average Bonchev–Trinajstić information content (AvgIpc) is 0.705. The Morgan fingerprint density at radius 1 is 0.347 bits per heavy atom. The Labute approximate surface area is 765 Å². The molecule has 0 saturated heterocycles. The zero-order valence-corrected chi connectivity index (χ0v) is 76.8. The molecule has 4 aliphatic carbocycles. The number of anilines is 4. The predicted molar refractivity (Wildman–Crippen MR) is 415 cm³/mol. The Bertz CT molecular complexity index is 5740. The van der Waals surface area contributed by atoms with E-state index in [0.717, 1.165) is 12.4 Å². The number of nitrogens with one attached hydrogen (secondary N) is 4. The number of allylic oxidation sites excluding steroid dienone is 12. The van der Waals surface area contributed by atoms with Gasteiger partial charge in [-0.05, 0) is 157 Å². The number of carbonyl (C=O) groups excluding carboxylic acids is 4. The molecule has 0 amide bonds. The van der Waals surface area contributed by atoms with Crippen LogP contribution in [0, 0.1) is 11.8 Å². The van der Waals surface area contributed by atoms with Crippen LogP contribution in [0.5, 0.6) is 23.5 Å². The van der Waals surface area contributed by atoms with Gasteiger partial charge in [-0.1, -0.05) is 52.0 Å². The van der Waals surface area contributed by atoms with Crippen LogP contribution in [-0.2, 0) is 59.3 Å². The number of Topliss-reactive ketones (excluding diaryl/α,β-unsaturated/α-hetero) is 4. The van der Waals surface area contributed by atoms with Gasteiger partial charge in [0.1, 0.15) is 0 Å². The molecule has 36 nitrogen and oxygen atoms in total. The number of aliphatic hydroxyl groups is 2. The second-order valence-electron chi connectivity index (χ2n) is 25.3. The molecule has 0 bridgehead atoms. The fourth-order valence-electron chi connectivity index (χ4n) is 11.9. The summed E-state index contributed by atoms with van der Waals surface area (Å²) in [6.45, 7) is 9.31. The Morgan fingerprint density at radius 3 is 0.814 bits per heavy atom. The summed E-state index contributed by atoms with van der Waals surface area (Å²) in [7, 11) is -12.4. The first-order valence-electron chi connectivity index (χ1n) is 33.7. The van der Waals surface area contributed by atoms with Gasteiger partial charge >= 0.3 is 118 Å². The number of ketones is 4. The summed E-state index contributed by atoms with van der Waals surface area (Å²) in [5.41, 5.74) is 2.21. The molecule has 12 rings (SSSR count). The maximum absolute atomic E-state index is 16.6. The predicted octanol–water partition coefficient (Wildman–Crippen LogP) is -0.805. The third-order valence-electron chi connectivity index (χ3n) is 17.4. The van der Waals surface area contributed by atoms with Crippen molar-refractivity contribution in [3.05, 3.63) is 255 Å². The van der Waals surface area contributed by atoms with Crippen molar-refractivity contribution < 1.29 is 200 Å². The number of sulfonamides is 4. The van der Waals surface area contributed by atoms with Crippen molar-refractivity contribution in [2.45, 2.75) is 61.1 Å². The van der Waals surface area contributed by atoms with Crippen molar-refractivity contribution in [2.24, 2.45) is 22.0 Å². The fourth-order valence-corrected chi connectivity index (χ4v) is 15.7. The van der Waals surface area contributed by atoms with Gasteiger partial charge in [-0.25, -0.2) is 54.1 Å². The van der Waals surface area contributed by atoms with Crippen molar-refractivity contribution in [1.29, 1.82) is 0 Å². The Kier molecular flexibility index (Phi) is 30.9. The monoisotopic (exact) mass is 1710 g/mol. The Balaban J connectivity index is 0.00000434. The summed E-state index contributed by atoms with van der Waals surface area (Å²) in [6.07, 6.45) is 2.16. The number of carbonyl (C=O) groups is 4. The number of hydrazone groups is 2. The van der Waals surface area contributed by atoms with Crippen LogP contribution in [0.3, 0.4) is 0 Å². The third-order valence-corrected chi connectivity index (χ3v) is 22.6. The van der Waals surface area contributed by atoms with Crippen molar-refractivity contribution in [3.8, 4) is 23.5 Å². The quantitative estimate of drug-likeness (QED) is 0.0159. The van der Waals surface area contributed by atoms with Gasteiger partial charge in [0.2, 0.25) is 75.2 Å². The molecular weight excluding hydrogens is 1650 g/mol. The molecule has 0 fully saturated rings. The van der Waals surface area contributed by atoms with Gasteiger partial charge in [-0.15, -0.1) is 0 Å². The summed E-state index contributed by atoms with van der Waals surface area (Å²) in [5, 5.41) is 70.3. The van der Waals surface area contributed by atoms with E-state index < -0.39 is 120 Å². The SMILES string of the molecule is COc1ccc([N-]S(=O)(=O)c2ccc(N/C=C3\C(=O)C(O)=C(C(C)C)C4=C3C(=O)C(C3=C(C)/C(=N\Nc5ccc(S(=O)(=O)[N-]c6ccc(OC)nn6)cc5)C5=C(C3=O)/C(=C/Nc3ccc(S(=O)(=O)[N-]c6ccc(OC)nn6)cc3)C(=O)C(O)=C5C(C)C)=C(C)/C4=N\Nc3ccc(S(=O)(=O)[N-]c4ccc(OC)nn4)cc3)cc2)nn1.[Na+].[Na+].[Na+].[Na+]. The second kappa shape index (κ2) is 38.9. The molecular formula is C74H64N18Na4O18S4. The van der Waals surface area contributed by atoms with Crippen LogP contribution in [0.1, 0.15) is 41.5 Å². The second-order valence-corrected chi connectivity index (χ2v) is 31.7. The van der Waals surface area contributed by atoms with Gasteiger partial charge in [-0.2, -0.15) is 10.2 Å². The summed E-state index contributed by atoms with van der Waals surface area (Å²) >= 11 is 0. The summed E-state index contributed by atoms with van der Waals surface area (Å²) in [4.78, 5) is 62.4. The van der Waals surface area contributed by atoms with Crippen LogP contribution in [0.4, 0.5) is 46.0 Å². The zero-order valence-electron chi connectivity index (χ0n) is 65.5. The Hall–Kier alpha value is -9.86. The molecule has 8 aromatic rings. The topological polar surface area (TPSA) is 515 Å². The molecule has 0 unspecified atom stereocenters. The van der Waals surface area contributed by atoms with Crippen molar-refractivity contribution in [1.82, 2.24) is 40.8 Å². The molecule has 0 atom stereocenters. The Morgan fingerprint density at radius 2 is 0.593 bits per heavy atom. The van der Waals surface area contributed by atoms with E-state index in [1.807, 2.05) is 0 Å². The van der Waals surface area contributed by atoms with Crippen molar-refractivity contribution in [3.63, 3.8) is 0 Å². The van der Waals surface area contributed by atoms with E-state index in [-0.39, 0.29) is 252 Å². The van der Waals surface area contributed by atoms with E-state index in [4.69, 9.17) is 29.2 Å². The average molecular weight is 1710 g/mol.